The second-order valence-electron chi connectivity index (χ2n) is 7.41. The Hall–Kier alpha value is -3.41. The molecule has 3 aromatic rings. The molecule has 0 fully saturated rings. The fraction of sp³-hybridized carbons (Fsp3) is 0.261. The van der Waals surface area contributed by atoms with Gasteiger partial charge in [-0.05, 0) is 69.2 Å². The molecule has 0 unspecified atom stereocenters. The van der Waals surface area contributed by atoms with Gasteiger partial charge in [0.25, 0.3) is 5.91 Å². The smallest absolute Gasteiger partial charge is 0.254 e. The third-order valence-electron chi connectivity index (χ3n) is 4.86. The molecular weight excluding hydrogens is 364 g/mol. The van der Waals surface area contributed by atoms with Gasteiger partial charge in [-0.2, -0.15) is 5.10 Å². The van der Waals surface area contributed by atoms with Crippen molar-refractivity contribution in [3.05, 3.63) is 76.6 Å². The summed E-state index contributed by atoms with van der Waals surface area (Å²) in [5, 5.41) is 7.20. The van der Waals surface area contributed by atoms with Crippen LogP contribution in [0.4, 0.5) is 5.69 Å². The van der Waals surface area contributed by atoms with E-state index < -0.39 is 0 Å². The van der Waals surface area contributed by atoms with Gasteiger partial charge in [-0.15, -0.1) is 0 Å². The molecule has 1 N–H and O–H groups in total. The van der Waals surface area contributed by atoms with Crippen molar-refractivity contribution in [1.29, 1.82) is 0 Å². The quantitative estimate of drug-likeness (QED) is 0.720. The van der Waals surface area contributed by atoms with E-state index in [-0.39, 0.29) is 18.4 Å². The SMILES string of the molecule is Cc1cc(C)c(NC(=O)CN(C)C(=O)c2ccc(-n3nccc3C)cc2)c(C)c1. The lowest BCUT2D eigenvalue weighted by molar-refractivity contribution is -0.116. The summed E-state index contributed by atoms with van der Waals surface area (Å²) in [7, 11) is 1.63. The number of aryl methyl sites for hydroxylation is 4. The van der Waals surface area contributed by atoms with E-state index in [2.05, 4.69) is 10.4 Å². The molecule has 0 saturated carbocycles. The van der Waals surface area contributed by atoms with E-state index in [0.29, 0.717) is 5.56 Å². The van der Waals surface area contributed by atoms with Crippen molar-refractivity contribution in [1.82, 2.24) is 14.7 Å². The third kappa shape index (κ3) is 4.54. The molecule has 2 aromatic carbocycles. The molecule has 6 nitrogen and oxygen atoms in total. The number of nitrogens with zero attached hydrogens (tertiary/aromatic N) is 3. The van der Waals surface area contributed by atoms with Crippen LogP contribution in [-0.2, 0) is 4.79 Å². The van der Waals surface area contributed by atoms with Crippen molar-refractivity contribution in [3.63, 3.8) is 0 Å². The molecule has 0 bridgehead atoms. The Bertz CT molecular complexity index is 1030. The van der Waals surface area contributed by atoms with Crippen LogP contribution in [-0.4, -0.2) is 40.1 Å². The Morgan fingerprint density at radius 3 is 2.17 bits per heavy atom. The largest absolute Gasteiger partial charge is 0.332 e. The molecule has 0 spiro atoms. The first kappa shape index (κ1) is 20.3. The highest BCUT2D eigenvalue weighted by atomic mass is 16.2. The Morgan fingerprint density at radius 2 is 1.62 bits per heavy atom. The monoisotopic (exact) mass is 390 g/mol. The number of hydrogen-bond donors (Lipinski definition) is 1. The summed E-state index contributed by atoms with van der Waals surface area (Å²) in [6.45, 7) is 7.90. The maximum absolute atomic E-state index is 12.7. The first-order valence-corrected chi connectivity index (χ1v) is 9.50. The molecular formula is C23H26N4O2. The standard InChI is InChI=1S/C23H26N4O2/c1-15-12-16(2)22(17(3)13-15)25-21(28)14-26(5)23(29)19-6-8-20(9-7-19)27-18(4)10-11-24-27/h6-13H,14H2,1-5H3,(H,25,28). The zero-order valence-electron chi connectivity index (χ0n) is 17.5. The first-order valence-electron chi connectivity index (χ1n) is 9.50. The average Bonchev–Trinajstić information content (AvgIpc) is 3.10. The number of anilines is 1. The van der Waals surface area contributed by atoms with Crippen LogP contribution in [0.2, 0.25) is 0 Å². The number of carbonyl (C=O) groups excluding carboxylic acids is 2. The second kappa shape index (κ2) is 8.31. The number of rotatable bonds is 5. The topological polar surface area (TPSA) is 67.2 Å². The average molecular weight is 390 g/mol. The van der Waals surface area contributed by atoms with E-state index in [1.807, 2.05) is 58.0 Å². The van der Waals surface area contributed by atoms with E-state index in [4.69, 9.17) is 0 Å². The minimum atomic E-state index is -0.223. The molecule has 6 heteroatoms. The molecule has 1 aromatic heterocycles. The van der Waals surface area contributed by atoms with Crippen LogP contribution in [0.25, 0.3) is 5.69 Å². The summed E-state index contributed by atoms with van der Waals surface area (Å²) in [6.07, 6.45) is 1.73. The fourth-order valence-corrected chi connectivity index (χ4v) is 3.45. The number of carbonyl (C=O) groups is 2. The Labute approximate surface area is 171 Å². The summed E-state index contributed by atoms with van der Waals surface area (Å²) in [6, 6.07) is 13.2. The normalized spacial score (nSPS) is 10.7. The van der Waals surface area contributed by atoms with Crippen molar-refractivity contribution in [2.45, 2.75) is 27.7 Å². The van der Waals surface area contributed by atoms with Crippen LogP contribution in [0.3, 0.4) is 0 Å². The number of nitrogens with one attached hydrogen (secondary N) is 1. The molecule has 3 rings (SSSR count). The van der Waals surface area contributed by atoms with Crippen molar-refractivity contribution < 1.29 is 9.59 Å². The molecule has 0 aliphatic heterocycles. The predicted octanol–water partition coefficient (Wildman–Crippen LogP) is 3.82. The van der Waals surface area contributed by atoms with Crippen molar-refractivity contribution in [2.75, 3.05) is 18.9 Å². The van der Waals surface area contributed by atoms with E-state index in [1.54, 1.807) is 30.1 Å². The van der Waals surface area contributed by atoms with Crippen molar-refractivity contribution in [2.24, 2.45) is 0 Å². The van der Waals surface area contributed by atoms with Crippen LogP contribution in [0.15, 0.2) is 48.7 Å². The van der Waals surface area contributed by atoms with Gasteiger partial charge >= 0.3 is 0 Å². The second-order valence-corrected chi connectivity index (χ2v) is 7.41. The van der Waals surface area contributed by atoms with Gasteiger partial charge in [-0.1, -0.05) is 17.7 Å². The van der Waals surface area contributed by atoms with Gasteiger partial charge in [0.15, 0.2) is 0 Å². The maximum atomic E-state index is 12.7. The summed E-state index contributed by atoms with van der Waals surface area (Å²) < 4.78 is 1.80. The Balaban J connectivity index is 1.66. The van der Waals surface area contributed by atoms with Crippen molar-refractivity contribution >= 4 is 17.5 Å². The lowest BCUT2D eigenvalue weighted by Crippen LogP contribution is -2.35. The van der Waals surface area contributed by atoms with Crippen molar-refractivity contribution in [3.8, 4) is 5.69 Å². The molecule has 0 radical (unpaired) electrons. The molecule has 0 aliphatic carbocycles. The summed E-state index contributed by atoms with van der Waals surface area (Å²) in [5.41, 5.74) is 6.40. The van der Waals surface area contributed by atoms with E-state index >= 15 is 0 Å². The maximum Gasteiger partial charge on any atom is 0.254 e. The minimum Gasteiger partial charge on any atom is -0.332 e. The molecule has 0 saturated heterocycles. The van der Waals surface area contributed by atoms with E-state index in [1.165, 1.54) is 4.90 Å². The first-order chi connectivity index (χ1) is 13.8. The summed E-state index contributed by atoms with van der Waals surface area (Å²) in [5.74, 6) is -0.430. The Kier molecular flexibility index (Phi) is 5.82. The van der Waals surface area contributed by atoms with Crippen LogP contribution < -0.4 is 5.32 Å². The van der Waals surface area contributed by atoms with Crippen LogP contribution in [0, 0.1) is 27.7 Å². The minimum absolute atomic E-state index is 0.0222. The molecule has 1 heterocycles. The molecule has 29 heavy (non-hydrogen) atoms. The number of aromatic nitrogens is 2. The van der Waals surface area contributed by atoms with E-state index in [9.17, 15) is 9.59 Å². The third-order valence-corrected chi connectivity index (χ3v) is 4.86. The molecule has 150 valence electrons. The van der Waals surface area contributed by atoms with Gasteiger partial charge in [0, 0.05) is 30.2 Å². The molecule has 0 atom stereocenters. The summed E-state index contributed by atoms with van der Waals surface area (Å²) in [4.78, 5) is 26.6. The number of amides is 2. The summed E-state index contributed by atoms with van der Waals surface area (Å²) >= 11 is 0. The zero-order chi connectivity index (χ0) is 21.1. The van der Waals surface area contributed by atoms with E-state index in [0.717, 1.165) is 33.8 Å². The highest BCUT2D eigenvalue weighted by Crippen LogP contribution is 2.22. The lowest BCUT2D eigenvalue weighted by atomic mass is 10.1. The molecule has 0 aliphatic rings. The number of benzene rings is 2. The zero-order valence-corrected chi connectivity index (χ0v) is 17.5. The number of hydrogen-bond acceptors (Lipinski definition) is 3. The van der Waals surface area contributed by atoms with Gasteiger partial charge in [-0.25, -0.2) is 4.68 Å². The fourth-order valence-electron chi connectivity index (χ4n) is 3.45. The van der Waals surface area contributed by atoms with Gasteiger partial charge in [0.05, 0.1) is 12.2 Å². The van der Waals surface area contributed by atoms with Crippen LogP contribution in [0.5, 0.6) is 0 Å². The van der Waals surface area contributed by atoms with Crippen LogP contribution in [0.1, 0.15) is 32.7 Å². The molecule has 2 amide bonds. The van der Waals surface area contributed by atoms with Gasteiger partial charge in [-0.3, -0.25) is 9.59 Å². The Morgan fingerprint density at radius 1 is 1.00 bits per heavy atom. The van der Waals surface area contributed by atoms with Gasteiger partial charge < -0.3 is 10.2 Å². The lowest BCUT2D eigenvalue weighted by Gasteiger charge is -2.19. The number of likely N-dealkylation sites (N-methyl/N-ethyl adjacent to an activating group) is 1. The highest BCUT2D eigenvalue weighted by molar-refractivity contribution is 5.99. The predicted molar refractivity (Wildman–Crippen MR) is 115 cm³/mol. The highest BCUT2D eigenvalue weighted by Gasteiger charge is 2.16. The van der Waals surface area contributed by atoms with Gasteiger partial charge in [0.1, 0.15) is 0 Å². The van der Waals surface area contributed by atoms with Gasteiger partial charge in [0.2, 0.25) is 5.91 Å². The van der Waals surface area contributed by atoms with Crippen LogP contribution >= 0.6 is 0 Å².